The van der Waals surface area contributed by atoms with Crippen molar-refractivity contribution in [3.05, 3.63) is 24.3 Å². The fourth-order valence-corrected chi connectivity index (χ4v) is 1.09. The van der Waals surface area contributed by atoms with Gasteiger partial charge in [-0.3, -0.25) is 4.79 Å². The Morgan fingerprint density at radius 3 is 2.38 bits per heavy atom. The smallest absolute Gasteiger partial charge is 0.325 e. The number of carbonyl (C=O) groups is 1. The van der Waals surface area contributed by atoms with Crippen LogP contribution in [0.1, 0.15) is 6.92 Å². The van der Waals surface area contributed by atoms with Crippen LogP contribution in [0.3, 0.4) is 0 Å². The second kappa shape index (κ2) is 5.01. The van der Waals surface area contributed by atoms with Crippen LogP contribution in [-0.4, -0.2) is 23.1 Å². The van der Waals surface area contributed by atoms with Crippen LogP contribution in [0.2, 0.25) is 0 Å². The summed E-state index contributed by atoms with van der Waals surface area (Å²) in [5.74, 6) is -0.923. The Morgan fingerprint density at radius 1 is 1.38 bits per heavy atom. The Labute approximate surface area is 93.0 Å². The number of hydrogen-bond donors (Lipinski definition) is 4. The second-order valence-electron chi connectivity index (χ2n) is 3.29. The number of anilines is 1. The molecule has 6 nitrogen and oxygen atoms in total. The molecule has 0 spiro atoms. The highest BCUT2D eigenvalue weighted by atomic mass is 16.4. The van der Waals surface area contributed by atoms with E-state index in [1.54, 1.807) is 31.2 Å². The van der Waals surface area contributed by atoms with Gasteiger partial charge in [-0.1, -0.05) is 0 Å². The first kappa shape index (κ1) is 11.8. The highest BCUT2D eigenvalue weighted by Gasteiger charge is 2.09. The molecular formula is C10H14N4O2. The van der Waals surface area contributed by atoms with E-state index < -0.39 is 12.0 Å². The highest BCUT2D eigenvalue weighted by molar-refractivity contribution is 5.79. The maximum Gasteiger partial charge on any atom is 0.325 e. The van der Waals surface area contributed by atoms with E-state index in [4.69, 9.17) is 16.6 Å². The zero-order valence-corrected chi connectivity index (χ0v) is 8.84. The fraction of sp³-hybridized carbons (Fsp3) is 0.200. The number of hydrogen-bond acceptors (Lipinski definition) is 3. The molecule has 16 heavy (non-hydrogen) atoms. The summed E-state index contributed by atoms with van der Waals surface area (Å²) in [5.41, 5.74) is 11.8. The van der Waals surface area contributed by atoms with E-state index in [9.17, 15) is 4.79 Å². The molecule has 1 atom stereocenters. The number of nitrogens with one attached hydrogen (secondary N) is 1. The first-order valence-corrected chi connectivity index (χ1v) is 4.68. The van der Waals surface area contributed by atoms with Gasteiger partial charge in [-0.15, -0.1) is 0 Å². The van der Waals surface area contributed by atoms with Gasteiger partial charge < -0.3 is 21.9 Å². The van der Waals surface area contributed by atoms with E-state index in [1.807, 2.05) is 0 Å². The zero-order chi connectivity index (χ0) is 12.1. The van der Waals surface area contributed by atoms with Crippen molar-refractivity contribution in [1.29, 1.82) is 0 Å². The van der Waals surface area contributed by atoms with Gasteiger partial charge in [0.05, 0.1) is 5.69 Å². The summed E-state index contributed by atoms with van der Waals surface area (Å²) < 4.78 is 0. The van der Waals surface area contributed by atoms with Crippen LogP contribution in [0.15, 0.2) is 29.3 Å². The Morgan fingerprint density at radius 2 is 1.94 bits per heavy atom. The number of rotatable bonds is 4. The molecule has 0 unspecified atom stereocenters. The maximum atomic E-state index is 10.6. The van der Waals surface area contributed by atoms with Crippen molar-refractivity contribution < 1.29 is 9.90 Å². The molecular weight excluding hydrogens is 208 g/mol. The molecule has 0 fully saturated rings. The van der Waals surface area contributed by atoms with Crippen LogP contribution in [0.25, 0.3) is 0 Å². The van der Waals surface area contributed by atoms with Gasteiger partial charge in [-0.2, -0.15) is 0 Å². The van der Waals surface area contributed by atoms with E-state index in [2.05, 4.69) is 10.3 Å². The van der Waals surface area contributed by atoms with Crippen LogP contribution in [0.5, 0.6) is 0 Å². The monoisotopic (exact) mass is 222 g/mol. The average Bonchev–Trinajstić information content (AvgIpc) is 2.20. The van der Waals surface area contributed by atoms with Gasteiger partial charge in [-0.05, 0) is 31.2 Å². The number of aliphatic carboxylic acids is 1. The molecule has 0 heterocycles. The molecule has 0 aromatic heterocycles. The predicted molar refractivity (Wildman–Crippen MR) is 62.6 cm³/mol. The highest BCUT2D eigenvalue weighted by Crippen LogP contribution is 2.16. The van der Waals surface area contributed by atoms with Gasteiger partial charge in [0.2, 0.25) is 0 Å². The van der Waals surface area contributed by atoms with E-state index in [-0.39, 0.29) is 5.96 Å². The van der Waals surface area contributed by atoms with Crippen molar-refractivity contribution in [2.24, 2.45) is 16.5 Å². The van der Waals surface area contributed by atoms with Crippen LogP contribution < -0.4 is 16.8 Å². The molecule has 0 aliphatic carbocycles. The summed E-state index contributed by atoms with van der Waals surface area (Å²) in [7, 11) is 0. The third-order valence-corrected chi connectivity index (χ3v) is 1.88. The molecule has 0 bridgehead atoms. The van der Waals surface area contributed by atoms with Gasteiger partial charge in [0.1, 0.15) is 6.04 Å². The molecule has 0 amide bonds. The van der Waals surface area contributed by atoms with Crippen molar-refractivity contribution in [2.75, 3.05) is 5.32 Å². The van der Waals surface area contributed by atoms with E-state index in [0.717, 1.165) is 0 Å². The summed E-state index contributed by atoms with van der Waals surface area (Å²) >= 11 is 0. The average molecular weight is 222 g/mol. The van der Waals surface area contributed by atoms with Crippen LogP contribution in [0, 0.1) is 0 Å². The molecule has 6 N–H and O–H groups in total. The summed E-state index contributed by atoms with van der Waals surface area (Å²) in [5, 5.41) is 11.5. The summed E-state index contributed by atoms with van der Waals surface area (Å²) in [6, 6.07) is 6.16. The molecule has 1 aromatic carbocycles. The third-order valence-electron chi connectivity index (χ3n) is 1.88. The molecule has 0 aliphatic rings. The Kier molecular flexibility index (Phi) is 3.71. The Balaban J connectivity index is 2.72. The quantitative estimate of drug-likeness (QED) is 0.437. The largest absolute Gasteiger partial charge is 0.480 e. The lowest BCUT2D eigenvalue weighted by atomic mass is 10.2. The number of aliphatic imine (C=N–C) groups is 1. The van der Waals surface area contributed by atoms with Crippen molar-refractivity contribution in [3.63, 3.8) is 0 Å². The summed E-state index contributed by atoms with van der Waals surface area (Å²) in [6.07, 6.45) is 0. The van der Waals surface area contributed by atoms with Crippen molar-refractivity contribution >= 4 is 23.3 Å². The molecule has 0 aliphatic heterocycles. The first-order valence-electron chi connectivity index (χ1n) is 4.68. The van der Waals surface area contributed by atoms with Crippen LogP contribution in [-0.2, 0) is 4.79 Å². The number of benzene rings is 1. The lowest BCUT2D eigenvalue weighted by Crippen LogP contribution is -2.25. The second-order valence-corrected chi connectivity index (χ2v) is 3.29. The molecule has 1 aromatic rings. The topological polar surface area (TPSA) is 114 Å². The van der Waals surface area contributed by atoms with Gasteiger partial charge in [-0.25, -0.2) is 4.99 Å². The van der Waals surface area contributed by atoms with E-state index in [0.29, 0.717) is 11.4 Å². The molecule has 0 saturated carbocycles. The van der Waals surface area contributed by atoms with Crippen molar-refractivity contribution in [2.45, 2.75) is 13.0 Å². The molecule has 86 valence electrons. The van der Waals surface area contributed by atoms with E-state index >= 15 is 0 Å². The number of nitrogens with two attached hydrogens (primary N) is 2. The number of nitrogens with zero attached hydrogens (tertiary/aromatic N) is 1. The lowest BCUT2D eigenvalue weighted by molar-refractivity contribution is -0.137. The summed E-state index contributed by atoms with van der Waals surface area (Å²) in [6.45, 7) is 1.56. The first-order chi connectivity index (χ1) is 7.49. The van der Waals surface area contributed by atoms with Crippen LogP contribution >= 0.6 is 0 Å². The number of carboxylic acids is 1. The minimum Gasteiger partial charge on any atom is -0.480 e. The lowest BCUT2D eigenvalue weighted by Gasteiger charge is -2.10. The van der Waals surface area contributed by atoms with Gasteiger partial charge in [0.15, 0.2) is 5.96 Å². The number of guanidine groups is 1. The van der Waals surface area contributed by atoms with Gasteiger partial charge in [0, 0.05) is 5.69 Å². The van der Waals surface area contributed by atoms with E-state index in [1.165, 1.54) is 0 Å². The molecule has 0 radical (unpaired) electrons. The van der Waals surface area contributed by atoms with Crippen molar-refractivity contribution in [3.8, 4) is 0 Å². The Bertz CT molecular complexity index is 396. The molecule has 6 heteroatoms. The zero-order valence-electron chi connectivity index (χ0n) is 8.84. The van der Waals surface area contributed by atoms with Crippen LogP contribution in [0.4, 0.5) is 11.4 Å². The third kappa shape index (κ3) is 3.49. The minimum absolute atomic E-state index is 0.0142. The normalized spacial score (nSPS) is 11.6. The Hall–Kier alpha value is -2.24. The van der Waals surface area contributed by atoms with Gasteiger partial charge >= 0.3 is 5.97 Å². The predicted octanol–water partition coefficient (Wildman–Crippen LogP) is 0.476. The molecule has 1 rings (SSSR count). The fourth-order valence-electron chi connectivity index (χ4n) is 1.09. The van der Waals surface area contributed by atoms with Crippen molar-refractivity contribution in [1.82, 2.24) is 0 Å². The van der Waals surface area contributed by atoms with Gasteiger partial charge in [0.25, 0.3) is 0 Å². The minimum atomic E-state index is -0.909. The summed E-state index contributed by atoms with van der Waals surface area (Å²) in [4.78, 5) is 14.4. The number of carboxylic acid groups (broad SMARTS) is 1. The molecule has 0 saturated heterocycles. The standard InChI is InChI=1S/C10H14N4O2/c1-6(9(15)16)13-7-2-4-8(5-3-7)14-10(11)12/h2-6,13H,1H3,(H,15,16)(H4,11,12,14)/t6-/m0/s1. The maximum absolute atomic E-state index is 10.6. The SMILES string of the molecule is C[C@H](Nc1ccc(N=C(N)N)cc1)C(=O)O.